The minimum absolute atomic E-state index is 0. The Balaban J connectivity index is -0.000000238. The van der Waals surface area contributed by atoms with Crippen LogP contribution in [-0.2, 0) is 9.59 Å². The van der Waals surface area contributed by atoms with Crippen molar-refractivity contribution in [2.45, 2.75) is 27.7 Å². The molecule has 0 unspecified atom stereocenters. The van der Waals surface area contributed by atoms with Crippen molar-refractivity contribution in [3.8, 4) is 0 Å². The Morgan fingerprint density at radius 2 is 1.06 bits per heavy atom. The maximum absolute atomic E-state index is 9.41. The molecule has 0 aromatic heterocycles. The monoisotopic (exact) mass is 283 g/mol. The van der Waals surface area contributed by atoms with Crippen molar-refractivity contribution in [3.05, 3.63) is 12.2 Å². The van der Waals surface area contributed by atoms with E-state index in [2.05, 4.69) is 27.7 Å². The van der Waals surface area contributed by atoms with Gasteiger partial charge in [-0.15, -0.1) is 0 Å². The zero-order valence-electron chi connectivity index (χ0n) is 12.1. The van der Waals surface area contributed by atoms with Gasteiger partial charge in [0.05, 0.1) is 38.1 Å². The zero-order valence-corrected chi connectivity index (χ0v) is 15.2. The van der Waals surface area contributed by atoms with Crippen LogP contribution in [0.3, 0.4) is 0 Å². The Bertz CT molecular complexity index is 229. The number of carboxylic acid groups (broad SMARTS) is 2. The quantitative estimate of drug-likeness (QED) is 0.282. The van der Waals surface area contributed by atoms with Crippen molar-refractivity contribution in [2.24, 2.45) is 0 Å². The van der Waals surface area contributed by atoms with E-state index in [9.17, 15) is 19.8 Å². The molecule has 0 atom stereocenters. The first kappa shape index (κ1) is 23.4. The predicted molar refractivity (Wildman–Crippen MR) is 61.6 cm³/mol. The molecule has 18 heavy (non-hydrogen) atoms. The van der Waals surface area contributed by atoms with Gasteiger partial charge in [-0.05, 0) is 39.8 Å². The first-order chi connectivity index (χ1) is 7.87. The Morgan fingerprint density at radius 1 is 0.833 bits per heavy atom. The number of quaternary nitrogens is 1. The normalized spacial score (nSPS) is 10.2. The Labute approximate surface area is 152 Å². The average molecular weight is 283 g/mol. The Kier molecular flexibility index (Phi) is 17.8. The van der Waals surface area contributed by atoms with Gasteiger partial charge in [-0.2, -0.15) is 0 Å². The van der Waals surface area contributed by atoms with Crippen molar-refractivity contribution in [1.82, 2.24) is 0 Å². The molecule has 0 bridgehead atoms. The van der Waals surface area contributed by atoms with Crippen molar-refractivity contribution in [2.75, 3.05) is 26.2 Å². The summed E-state index contributed by atoms with van der Waals surface area (Å²) in [6.45, 7) is 14.2. The van der Waals surface area contributed by atoms with Crippen LogP contribution in [0.5, 0.6) is 0 Å². The van der Waals surface area contributed by atoms with E-state index >= 15 is 0 Å². The molecule has 0 spiro atoms. The maximum atomic E-state index is 9.41. The van der Waals surface area contributed by atoms with E-state index < -0.39 is 11.9 Å². The number of nitrogens with zero attached hydrogens (tertiary/aromatic N) is 1. The first-order valence-corrected chi connectivity index (χ1v) is 5.82. The molecule has 0 saturated carbocycles. The third-order valence-electron chi connectivity index (χ3n) is 3.04. The number of carbonyl (C=O) groups excluding carboxylic acids is 2. The Hall–Kier alpha value is 0.276. The van der Waals surface area contributed by atoms with Gasteiger partial charge in [0.15, 0.2) is 0 Å². The van der Waals surface area contributed by atoms with E-state index in [4.69, 9.17) is 0 Å². The van der Waals surface area contributed by atoms with Gasteiger partial charge in [0.1, 0.15) is 0 Å². The van der Waals surface area contributed by atoms with Crippen LogP contribution in [0.1, 0.15) is 27.7 Å². The molecule has 0 radical (unpaired) electrons. The van der Waals surface area contributed by atoms with Crippen LogP contribution in [0, 0.1) is 0 Å². The van der Waals surface area contributed by atoms with Gasteiger partial charge in [0, 0.05) is 0 Å². The van der Waals surface area contributed by atoms with E-state index in [0.29, 0.717) is 12.2 Å². The second kappa shape index (κ2) is 13.7. The van der Waals surface area contributed by atoms with E-state index in [1.807, 2.05) is 0 Å². The van der Waals surface area contributed by atoms with Crippen LogP contribution in [0.25, 0.3) is 0 Å². The fraction of sp³-hybridized carbons (Fsp3) is 0.667. The molecule has 0 fully saturated rings. The fourth-order valence-corrected chi connectivity index (χ4v) is 1.48. The summed E-state index contributed by atoms with van der Waals surface area (Å²) in [5.41, 5.74) is 0. The molecule has 0 rings (SSSR count). The molecular weight excluding hydrogens is 261 g/mol. The summed E-state index contributed by atoms with van der Waals surface area (Å²) < 4.78 is 1.28. The van der Waals surface area contributed by atoms with Crippen molar-refractivity contribution < 1.29 is 75.7 Å². The minimum atomic E-state index is -1.55. The van der Waals surface area contributed by atoms with Crippen LogP contribution in [0.2, 0.25) is 0 Å². The molecule has 0 heterocycles. The van der Waals surface area contributed by atoms with Crippen LogP contribution >= 0.6 is 0 Å². The fourth-order valence-electron chi connectivity index (χ4n) is 1.48. The van der Waals surface area contributed by atoms with Gasteiger partial charge >= 0.3 is 51.4 Å². The number of hydrogen-bond donors (Lipinski definition) is 0. The summed E-state index contributed by atoms with van der Waals surface area (Å²) in [5.74, 6) is -3.09. The molecule has 0 saturated heterocycles. The van der Waals surface area contributed by atoms with E-state index in [0.717, 1.165) is 0 Å². The number of carbonyl (C=O) groups is 2. The molecule has 100 valence electrons. The third kappa shape index (κ3) is 12.7. The van der Waals surface area contributed by atoms with Crippen LogP contribution in [0.4, 0.5) is 0 Å². The summed E-state index contributed by atoms with van der Waals surface area (Å²) in [6, 6.07) is 0. The van der Waals surface area contributed by atoms with E-state index in [1.54, 1.807) is 0 Å². The van der Waals surface area contributed by atoms with Gasteiger partial charge in [-0.1, -0.05) is 0 Å². The predicted octanol–water partition coefficient (Wildman–Crippen LogP) is -4.07. The molecule has 5 nitrogen and oxygen atoms in total. The van der Waals surface area contributed by atoms with Crippen LogP contribution < -0.4 is 61.6 Å². The summed E-state index contributed by atoms with van der Waals surface area (Å²) >= 11 is 0. The second-order valence-corrected chi connectivity index (χ2v) is 3.58. The molecule has 0 N–H and O–H groups in total. The number of aliphatic carboxylic acids is 2. The summed E-state index contributed by atoms with van der Waals surface area (Å²) in [4.78, 5) is 18.8. The average Bonchev–Trinajstić information content (AvgIpc) is 2.31. The maximum Gasteiger partial charge on any atom is 1.00 e. The third-order valence-corrected chi connectivity index (χ3v) is 3.04. The molecule has 0 aromatic carbocycles. The molecular formula is C12H22KNO4. The number of hydrogen-bond acceptors (Lipinski definition) is 4. The van der Waals surface area contributed by atoms with Gasteiger partial charge in [0.25, 0.3) is 0 Å². The first-order valence-electron chi connectivity index (χ1n) is 5.82. The molecule has 0 aliphatic rings. The van der Waals surface area contributed by atoms with Crippen LogP contribution in [-0.4, -0.2) is 42.6 Å². The summed E-state index contributed by atoms with van der Waals surface area (Å²) in [7, 11) is 0. The van der Waals surface area contributed by atoms with Crippen LogP contribution in [0.15, 0.2) is 12.2 Å². The second-order valence-electron chi connectivity index (χ2n) is 3.58. The smallest absolute Gasteiger partial charge is 0.545 e. The molecule has 0 aliphatic carbocycles. The van der Waals surface area contributed by atoms with E-state index in [1.165, 1.54) is 30.7 Å². The topological polar surface area (TPSA) is 80.3 Å². The van der Waals surface area contributed by atoms with Gasteiger partial charge in [-0.3, -0.25) is 0 Å². The SMILES string of the molecule is CC[N+](CC)(CC)CC.O=C([O-])/C=C/C(=O)[O-].[K+]. The number of rotatable bonds is 6. The minimum Gasteiger partial charge on any atom is -0.545 e. The van der Waals surface area contributed by atoms with Crippen molar-refractivity contribution >= 4 is 11.9 Å². The summed E-state index contributed by atoms with van der Waals surface area (Å²) in [6.07, 6.45) is 0.769. The molecule has 6 heteroatoms. The number of carboxylic acids is 2. The zero-order chi connectivity index (χ0) is 13.9. The standard InChI is InChI=1S/C8H20N.C4H4O4.K/c1-5-9(6-2,7-3)8-4;5-3(6)1-2-4(7)8;/h5-8H2,1-4H3;1-2H,(H,5,6)(H,7,8);/q+1;;+1/p-2/b;2-1+;. The van der Waals surface area contributed by atoms with E-state index in [-0.39, 0.29) is 51.4 Å². The molecule has 0 aromatic rings. The Morgan fingerprint density at radius 3 is 1.11 bits per heavy atom. The van der Waals surface area contributed by atoms with Gasteiger partial charge in [-0.25, -0.2) is 0 Å². The van der Waals surface area contributed by atoms with Crippen molar-refractivity contribution in [3.63, 3.8) is 0 Å². The molecule has 0 aliphatic heterocycles. The molecule has 0 amide bonds. The van der Waals surface area contributed by atoms with Crippen molar-refractivity contribution in [1.29, 1.82) is 0 Å². The van der Waals surface area contributed by atoms with Gasteiger partial charge < -0.3 is 24.3 Å². The largest absolute Gasteiger partial charge is 1.00 e. The van der Waals surface area contributed by atoms with Gasteiger partial charge in [0.2, 0.25) is 0 Å². The summed E-state index contributed by atoms with van der Waals surface area (Å²) in [5, 5.41) is 18.8.